The van der Waals surface area contributed by atoms with Gasteiger partial charge in [0.2, 0.25) is 5.95 Å². The highest BCUT2D eigenvalue weighted by Gasteiger charge is 2.24. The van der Waals surface area contributed by atoms with Gasteiger partial charge in [0.25, 0.3) is 0 Å². The smallest absolute Gasteiger partial charge is 0.349 e. The number of fused-ring (bicyclic) bond motifs is 1. The molecule has 0 unspecified atom stereocenters. The van der Waals surface area contributed by atoms with E-state index in [4.69, 9.17) is 9.15 Å². The first-order chi connectivity index (χ1) is 17.0. The van der Waals surface area contributed by atoms with Gasteiger partial charge in [0.05, 0.1) is 24.6 Å². The van der Waals surface area contributed by atoms with Gasteiger partial charge in [-0.2, -0.15) is 0 Å². The van der Waals surface area contributed by atoms with Crippen LogP contribution in [0.15, 0.2) is 63.9 Å². The molecule has 3 heterocycles. The van der Waals surface area contributed by atoms with E-state index < -0.39 is 5.63 Å². The summed E-state index contributed by atoms with van der Waals surface area (Å²) in [5, 5.41) is 7.01. The zero-order chi connectivity index (χ0) is 24.4. The molecule has 178 valence electrons. The van der Waals surface area contributed by atoms with Crippen LogP contribution in [0.3, 0.4) is 0 Å². The number of rotatable bonds is 6. The first-order valence-corrected chi connectivity index (χ1v) is 11.4. The molecule has 1 aliphatic heterocycles. The van der Waals surface area contributed by atoms with Crippen LogP contribution in [0.5, 0.6) is 0 Å². The van der Waals surface area contributed by atoms with Crippen molar-refractivity contribution in [2.75, 3.05) is 48.9 Å². The number of ether oxygens (including phenoxy) is 1. The summed E-state index contributed by atoms with van der Waals surface area (Å²) < 4.78 is 11.0. The largest absolute Gasteiger partial charge is 0.422 e. The van der Waals surface area contributed by atoms with Crippen molar-refractivity contribution in [1.29, 1.82) is 0 Å². The maximum absolute atomic E-state index is 12.8. The zero-order valence-corrected chi connectivity index (χ0v) is 19.5. The molecular weight excluding hydrogens is 446 g/mol. The van der Waals surface area contributed by atoms with Crippen molar-refractivity contribution in [3.8, 4) is 11.3 Å². The molecule has 9 heteroatoms. The standard InChI is InChI=1S/C26H25N5O4/c1-16(32)23-24(31-10-12-34-13-11-31)20-7-6-19(15-22(20)35-25(23)33)29-26-28-9-8-21(30-26)17-4-3-5-18(14-17)27-2/h3-9,14-15,27H,10-13H2,1-2H3,(H,28,29,30). The minimum Gasteiger partial charge on any atom is -0.422 e. The van der Waals surface area contributed by atoms with E-state index in [2.05, 4.69) is 20.6 Å². The number of anilines is 4. The van der Waals surface area contributed by atoms with Crippen molar-refractivity contribution in [2.45, 2.75) is 6.92 Å². The van der Waals surface area contributed by atoms with E-state index in [-0.39, 0.29) is 11.3 Å². The van der Waals surface area contributed by atoms with Crippen LogP contribution in [0, 0.1) is 0 Å². The second-order valence-electron chi connectivity index (χ2n) is 8.20. The number of morpholine rings is 1. The Morgan fingerprint density at radius 2 is 1.89 bits per heavy atom. The van der Waals surface area contributed by atoms with E-state index in [1.807, 2.05) is 54.4 Å². The molecule has 0 radical (unpaired) electrons. The minimum absolute atomic E-state index is 0.0694. The highest BCUT2D eigenvalue weighted by Crippen LogP contribution is 2.32. The number of hydrogen-bond acceptors (Lipinski definition) is 9. The molecule has 2 N–H and O–H groups in total. The zero-order valence-electron chi connectivity index (χ0n) is 19.5. The van der Waals surface area contributed by atoms with Crippen LogP contribution in [0.4, 0.5) is 23.0 Å². The van der Waals surface area contributed by atoms with Gasteiger partial charge in [-0.1, -0.05) is 12.1 Å². The molecule has 0 saturated carbocycles. The van der Waals surface area contributed by atoms with Crippen LogP contribution in [0.2, 0.25) is 0 Å². The number of ketones is 1. The fourth-order valence-corrected chi connectivity index (χ4v) is 4.23. The SMILES string of the molecule is CNc1cccc(-c2ccnc(Nc3ccc4c(N5CCOCC5)c(C(C)=O)c(=O)oc4c3)n2)c1. The number of Topliss-reactive ketones (excluding diaryl/α,β-unsaturated/α-hetero) is 1. The summed E-state index contributed by atoms with van der Waals surface area (Å²) >= 11 is 0. The predicted molar refractivity (Wildman–Crippen MR) is 136 cm³/mol. The highest BCUT2D eigenvalue weighted by molar-refractivity contribution is 6.07. The van der Waals surface area contributed by atoms with E-state index in [1.54, 1.807) is 12.3 Å². The molecule has 35 heavy (non-hydrogen) atoms. The predicted octanol–water partition coefficient (Wildman–Crippen LogP) is 4.07. The van der Waals surface area contributed by atoms with Crippen LogP contribution in [0.25, 0.3) is 22.2 Å². The molecule has 1 saturated heterocycles. The van der Waals surface area contributed by atoms with Gasteiger partial charge in [-0.25, -0.2) is 14.8 Å². The molecule has 2 aromatic heterocycles. The summed E-state index contributed by atoms with van der Waals surface area (Å²) in [6, 6.07) is 15.2. The van der Waals surface area contributed by atoms with E-state index in [0.717, 1.165) is 16.9 Å². The molecule has 2 aromatic carbocycles. The Morgan fingerprint density at radius 3 is 2.66 bits per heavy atom. The van der Waals surface area contributed by atoms with Gasteiger partial charge in [0.15, 0.2) is 5.78 Å². The Bertz CT molecular complexity index is 1460. The fourth-order valence-electron chi connectivity index (χ4n) is 4.23. The maximum atomic E-state index is 12.8. The number of carbonyl (C=O) groups is 1. The van der Waals surface area contributed by atoms with Crippen molar-refractivity contribution >= 4 is 39.8 Å². The Morgan fingerprint density at radius 1 is 1.06 bits per heavy atom. The summed E-state index contributed by atoms with van der Waals surface area (Å²) in [7, 11) is 1.87. The van der Waals surface area contributed by atoms with Crippen LogP contribution in [-0.2, 0) is 4.74 Å². The van der Waals surface area contributed by atoms with Gasteiger partial charge < -0.3 is 24.7 Å². The fraction of sp³-hybridized carbons (Fsp3) is 0.231. The van der Waals surface area contributed by atoms with Crippen molar-refractivity contribution in [3.63, 3.8) is 0 Å². The summed E-state index contributed by atoms with van der Waals surface area (Å²) in [5.74, 6) is 0.0877. The van der Waals surface area contributed by atoms with Crippen LogP contribution >= 0.6 is 0 Å². The number of nitrogens with zero attached hydrogens (tertiary/aromatic N) is 3. The van der Waals surface area contributed by atoms with E-state index >= 15 is 0 Å². The lowest BCUT2D eigenvalue weighted by Crippen LogP contribution is -2.38. The average Bonchev–Trinajstić information content (AvgIpc) is 2.88. The third kappa shape index (κ3) is 4.58. The molecule has 5 rings (SSSR count). The first kappa shape index (κ1) is 22.5. The van der Waals surface area contributed by atoms with Crippen molar-refractivity contribution < 1.29 is 13.9 Å². The van der Waals surface area contributed by atoms with Crippen LogP contribution < -0.4 is 21.2 Å². The van der Waals surface area contributed by atoms with Gasteiger partial charge in [0.1, 0.15) is 11.1 Å². The van der Waals surface area contributed by atoms with Crippen molar-refractivity contribution in [1.82, 2.24) is 9.97 Å². The van der Waals surface area contributed by atoms with Gasteiger partial charge in [-0.05, 0) is 37.3 Å². The molecule has 0 atom stereocenters. The average molecular weight is 472 g/mol. The van der Waals surface area contributed by atoms with Crippen LogP contribution in [0.1, 0.15) is 17.3 Å². The van der Waals surface area contributed by atoms with Gasteiger partial charge in [0, 0.05) is 54.7 Å². The molecule has 9 nitrogen and oxygen atoms in total. The lowest BCUT2D eigenvalue weighted by Gasteiger charge is -2.30. The topological polar surface area (TPSA) is 110 Å². The van der Waals surface area contributed by atoms with Crippen LogP contribution in [-0.4, -0.2) is 49.1 Å². The van der Waals surface area contributed by atoms with Crippen molar-refractivity contribution in [3.05, 3.63) is 70.7 Å². The Balaban J connectivity index is 1.51. The second kappa shape index (κ2) is 9.55. The third-order valence-electron chi connectivity index (χ3n) is 5.92. The molecule has 1 aliphatic rings. The van der Waals surface area contributed by atoms with Gasteiger partial charge >= 0.3 is 5.63 Å². The highest BCUT2D eigenvalue weighted by atomic mass is 16.5. The van der Waals surface area contributed by atoms with E-state index in [9.17, 15) is 9.59 Å². The molecular formula is C26H25N5O4. The molecule has 0 spiro atoms. The quantitative estimate of drug-likeness (QED) is 0.318. The van der Waals surface area contributed by atoms with Gasteiger partial charge in [-0.3, -0.25) is 4.79 Å². The molecule has 0 aliphatic carbocycles. The molecule has 0 bridgehead atoms. The van der Waals surface area contributed by atoms with Gasteiger partial charge in [-0.15, -0.1) is 0 Å². The summed E-state index contributed by atoms with van der Waals surface area (Å²) in [5.41, 5.74) is 3.77. The monoisotopic (exact) mass is 471 g/mol. The first-order valence-electron chi connectivity index (χ1n) is 11.4. The number of aromatic nitrogens is 2. The normalized spacial score (nSPS) is 13.6. The second-order valence-corrected chi connectivity index (χ2v) is 8.20. The Kier molecular flexibility index (Phi) is 6.15. The molecule has 4 aromatic rings. The third-order valence-corrected chi connectivity index (χ3v) is 5.92. The minimum atomic E-state index is -0.647. The number of carbonyl (C=O) groups excluding carboxylic acids is 1. The maximum Gasteiger partial charge on any atom is 0.349 e. The molecule has 1 fully saturated rings. The Hall–Kier alpha value is -4.24. The lowest BCUT2D eigenvalue weighted by molar-refractivity contribution is 0.101. The number of hydrogen-bond donors (Lipinski definition) is 2. The lowest BCUT2D eigenvalue weighted by atomic mass is 10.1. The number of benzene rings is 2. The number of nitrogens with one attached hydrogen (secondary N) is 2. The molecule has 0 amide bonds. The van der Waals surface area contributed by atoms with E-state index in [1.165, 1.54) is 6.92 Å². The Labute approximate surface area is 201 Å². The van der Waals surface area contributed by atoms with E-state index in [0.29, 0.717) is 54.6 Å². The van der Waals surface area contributed by atoms with Crippen molar-refractivity contribution in [2.24, 2.45) is 0 Å². The summed E-state index contributed by atoms with van der Waals surface area (Å²) in [6.45, 7) is 3.63. The summed E-state index contributed by atoms with van der Waals surface area (Å²) in [6.07, 6.45) is 1.69. The summed E-state index contributed by atoms with van der Waals surface area (Å²) in [4.78, 5) is 36.1.